The van der Waals surface area contributed by atoms with Gasteiger partial charge in [-0.1, -0.05) is 66.7 Å². The number of nitrogens with one attached hydrogen (secondary N) is 1. The number of benzene rings is 3. The van der Waals surface area contributed by atoms with Crippen LogP contribution in [0, 0.1) is 0 Å². The molecule has 0 saturated carbocycles. The predicted octanol–water partition coefficient (Wildman–Crippen LogP) is 4.67. The largest absolute Gasteiger partial charge is 0.496 e. The minimum Gasteiger partial charge on any atom is -0.496 e. The van der Waals surface area contributed by atoms with Crippen LogP contribution in [0.2, 0.25) is 0 Å². The molecule has 6 heteroatoms. The summed E-state index contributed by atoms with van der Waals surface area (Å²) in [5.74, 6) is 0.707. The smallest absolute Gasteiger partial charge is 0.220 e. The van der Waals surface area contributed by atoms with Crippen molar-refractivity contribution in [1.82, 2.24) is 14.8 Å². The fourth-order valence-electron chi connectivity index (χ4n) is 5.24. The lowest BCUT2D eigenvalue weighted by molar-refractivity contribution is -0.121. The van der Waals surface area contributed by atoms with Gasteiger partial charge < -0.3 is 19.4 Å². The molecule has 4 aromatic rings. The maximum Gasteiger partial charge on any atom is 0.220 e. The Morgan fingerprint density at radius 1 is 0.946 bits per heavy atom. The van der Waals surface area contributed by atoms with E-state index in [0.29, 0.717) is 13.0 Å². The van der Waals surface area contributed by atoms with Crippen molar-refractivity contribution in [3.8, 4) is 5.75 Å². The third kappa shape index (κ3) is 6.04. The lowest BCUT2D eigenvalue weighted by atomic mass is 9.87. The van der Waals surface area contributed by atoms with Crippen LogP contribution in [0.4, 0.5) is 0 Å². The van der Waals surface area contributed by atoms with Crippen molar-refractivity contribution in [2.45, 2.75) is 18.9 Å². The van der Waals surface area contributed by atoms with E-state index in [1.54, 1.807) is 7.11 Å². The highest BCUT2D eigenvalue weighted by atomic mass is 16.5. The Labute approximate surface area is 218 Å². The summed E-state index contributed by atoms with van der Waals surface area (Å²) >= 11 is 0. The number of rotatable bonds is 10. The van der Waals surface area contributed by atoms with Crippen molar-refractivity contribution in [2.24, 2.45) is 0 Å². The molecule has 1 saturated heterocycles. The van der Waals surface area contributed by atoms with Crippen LogP contribution in [-0.2, 0) is 16.1 Å². The first-order chi connectivity index (χ1) is 18.2. The molecule has 0 bridgehead atoms. The zero-order valence-corrected chi connectivity index (χ0v) is 21.4. The summed E-state index contributed by atoms with van der Waals surface area (Å²) in [6, 6.07) is 27.0. The third-order valence-corrected chi connectivity index (χ3v) is 7.15. The van der Waals surface area contributed by atoms with E-state index >= 15 is 0 Å². The van der Waals surface area contributed by atoms with Crippen LogP contribution in [0.25, 0.3) is 10.9 Å². The summed E-state index contributed by atoms with van der Waals surface area (Å²) < 4.78 is 13.5. The Bertz CT molecular complexity index is 1310. The molecule has 1 aliphatic heterocycles. The van der Waals surface area contributed by atoms with E-state index < -0.39 is 0 Å². The molecular formula is C31H35N3O3. The van der Waals surface area contributed by atoms with Gasteiger partial charge in [-0.3, -0.25) is 9.69 Å². The molecule has 37 heavy (non-hydrogen) atoms. The molecule has 1 aliphatic rings. The zero-order chi connectivity index (χ0) is 25.5. The van der Waals surface area contributed by atoms with Crippen LogP contribution in [0.15, 0.2) is 85.1 Å². The predicted molar refractivity (Wildman–Crippen MR) is 147 cm³/mol. The van der Waals surface area contributed by atoms with Gasteiger partial charge in [0.25, 0.3) is 0 Å². The van der Waals surface area contributed by atoms with E-state index in [9.17, 15) is 4.79 Å². The maximum atomic E-state index is 13.3. The Balaban J connectivity index is 1.44. The van der Waals surface area contributed by atoms with Crippen LogP contribution in [0.3, 0.4) is 0 Å². The molecule has 3 aromatic carbocycles. The molecule has 1 aromatic heterocycles. The monoisotopic (exact) mass is 497 g/mol. The van der Waals surface area contributed by atoms with Crippen LogP contribution >= 0.6 is 0 Å². The van der Waals surface area contributed by atoms with Gasteiger partial charge >= 0.3 is 0 Å². The molecule has 1 N–H and O–H groups in total. The van der Waals surface area contributed by atoms with Crippen molar-refractivity contribution in [2.75, 3.05) is 46.5 Å². The summed E-state index contributed by atoms with van der Waals surface area (Å²) in [4.78, 5) is 15.6. The number of morpholine rings is 1. The first-order valence-corrected chi connectivity index (χ1v) is 13.0. The second-order valence-electron chi connectivity index (χ2n) is 9.52. The fraction of sp³-hybridized carbons (Fsp3) is 0.323. The number of methoxy groups -OCH3 is 1. The van der Waals surface area contributed by atoms with E-state index in [-0.39, 0.29) is 11.8 Å². The number of carbonyl (C=O) groups is 1. The lowest BCUT2D eigenvalue weighted by Crippen LogP contribution is -2.41. The molecule has 1 unspecified atom stereocenters. The molecule has 6 nitrogen and oxygen atoms in total. The average molecular weight is 498 g/mol. The van der Waals surface area contributed by atoms with Crippen molar-refractivity contribution in [3.05, 3.63) is 102 Å². The van der Waals surface area contributed by atoms with Gasteiger partial charge in [0, 0.05) is 67.7 Å². The number of fused-ring (bicyclic) bond motifs is 1. The number of para-hydroxylation sites is 2. The summed E-state index contributed by atoms with van der Waals surface area (Å²) in [6.45, 7) is 5.60. The highest BCUT2D eigenvalue weighted by Gasteiger charge is 2.25. The first-order valence-electron chi connectivity index (χ1n) is 13.0. The summed E-state index contributed by atoms with van der Waals surface area (Å²) in [6.07, 6.45) is 2.57. The molecule has 2 heterocycles. The highest BCUT2D eigenvalue weighted by molar-refractivity contribution is 5.87. The molecule has 1 fully saturated rings. The van der Waals surface area contributed by atoms with Crippen LogP contribution in [-0.4, -0.2) is 61.9 Å². The molecule has 1 amide bonds. The van der Waals surface area contributed by atoms with Gasteiger partial charge in [-0.2, -0.15) is 0 Å². The number of hydrogen-bond acceptors (Lipinski definition) is 4. The zero-order valence-electron chi connectivity index (χ0n) is 21.4. The molecule has 0 radical (unpaired) electrons. The number of ether oxygens (including phenoxy) is 2. The quantitative estimate of drug-likeness (QED) is 0.346. The summed E-state index contributed by atoms with van der Waals surface area (Å²) in [5.41, 5.74) is 4.56. The number of carbonyl (C=O) groups excluding carboxylic acids is 1. The second kappa shape index (κ2) is 12.1. The van der Waals surface area contributed by atoms with Crippen molar-refractivity contribution < 1.29 is 14.3 Å². The Kier molecular flexibility index (Phi) is 8.18. The van der Waals surface area contributed by atoms with E-state index in [4.69, 9.17) is 9.47 Å². The van der Waals surface area contributed by atoms with Gasteiger partial charge in [0.2, 0.25) is 5.91 Å². The Hall–Kier alpha value is -3.61. The van der Waals surface area contributed by atoms with Crippen molar-refractivity contribution >= 4 is 16.8 Å². The van der Waals surface area contributed by atoms with Crippen LogP contribution in [0.5, 0.6) is 5.75 Å². The van der Waals surface area contributed by atoms with Crippen molar-refractivity contribution in [3.63, 3.8) is 0 Å². The Morgan fingerprint density at radius 2 is 1.68 bits per heavy atom. The molecule has 5 rings (SSSR count). The topological polar surface area (TPSA) is 55.7 Å². The molecule has 192 valence electrons. The Morgan fingerprint density at radius 3 is 2.49 bits per heavy atom. The SMILES string of the molecule is COc1ccccc1C(CC(=O)NCCN1CCOCC1)c1cn(Cc2ccccc2)c2ccccc12. The minimum atomic E-state index is -0.138. The average Bonchev–Trinajstić information content (AvgIpc) is 3.31. The van der Waals surface area contributed by atoms with Crippen molar-refractivity contribution in [1.29, 1.82) is 0 Å². The number of amides is 1. The molecule has 0 aliphatic carbocycles. The number of hydrogen-bond donors (Lipinski definition) is 1. The second-order valence-corrected chi connectivity index (χ2v) is 9.52. The normalized spacial score (nSPS) is 14.9. The summed E-state index contributed by atoms with van der Waals surface area (Å²) in [7, 11) is 1.69. The van der Waals surface area contributed by atoms with Gasteiger partial charge in [-0.15, -0.1) is 0 Å². The molecule has 0 spiro atoms. The third-order valence-electron chi connectivity index (χ3n) is 7.15. The van der Waals surface area contributed by atoms with Gasteiger partial charge in [0.05, 0.1) is 20.3 Å². The minimum absolute atomic E-state index is 0.0454. The lowest BCUT2D eigenvalue weighted by Gasteiger charge is -2.26. The summed E-state index contributed by atoms with van der Waals surface area (Å²) in [5, 5.41) is 4.33. The van der Waals surface area contributed by atoms with Gasteiger partial charge in [-0.05, 0) is 23.3 Å². The fourth-order valence-corrected chi connectivity index (χ4v) is 5.24. The van der Waals surface area contributed by atoms with E-state index in [0.717, 1.165) is 67.2 Å². The first kappa shape index (κ1) is 25.1. The molecule has 1 atom stereocenters. The molecular weight excluding hydrogens is 462 g/mol. The number of nitrogens with zero attached hydrogens (tertiary/aromatic N) is 2. The van der Waals surface area contributed by atoms with E-state index in [1.807, 2.05) is 24.3 Å². The van der Waals surface area contributed by atoms with Crippen LogP contribution < -0.4 is 10.1 Å². The number of aromatic nitrogens is 1. The van der Waals surface area contributed by atoms with Gasteiger partial charge in [-0.25, -0.2) is 0 Å². The maximum absolute atomic E-state index is 13.3. The van der Waals surface area contributed by atoms with E-state index in [2.05, 4.69) is 75.6 Å². The van der Waals surface area contributed by atoms with Gasteiger partial charge in [0.15, 0.2) is 0 Å². The standard InChI is InChI=1S/C31H35N3O3/c1-36-30-14-8-6-12-26(30)27(21-31(35)32-15-16-33-17-19-37-20-18-33)28-23-34(22-24-9-3-2-4-10-24)29-13-7-5-11-25(28)29/h2-14,23,27H,15-22H2,1H3,(H,32,35). The highest BCUT2D eigenvalue weighted by Crippen LogP contribution is 2.38. The van der Waals surface area contributed by atoms with Crippen LogP contribution in [0.1, 0.15) is 29.0 Å². The van der Waals surface area contributed by atoms with Gasteiger partial charge in [0.1, 0.15) is 5.75 Å². The van der Waals surface area contributed by atoms with E-state index in [1.165, 1.54) is 5.56 Å².